The van der Waals surface area contributed by atoms with Crippen LogP contribution in [0.4, 0.5) is 0 Å². The molecule has 2 N–H and O–H groups in total. The molecule has 0 spiro atoms. The Labute approximate surface area is 164 Å². The highest BCUT2D eigenvalue weighted by Crippen LogP contribution is 2.18. The van der Waals surface area contributed by atoms with Crippen molar-refractivity contribution in [1.82, 2.24) is 4.90 Å². The molecule has 0 rings (SSSR count). The summed E-state index contributed by atoms with van der Waals surface area (Å²) in [4.78, 5) is 13.7. The molecular weight excluding hydrogens is 320 g/mol. The number of hydrogen-bond acceptors (Lipinski definition) is 2. The minimum absolute atomic E-state index is 0.0886. The van der Waals surface area contributed by atoms with Gasteiger partial charge in [-0.25, -0.2) is 0 Å². The van der Waals surface area contributed by atoms with Gasteiger partial charge in [0.15, 0.2) is 0 Å². The van der Waals surface area contributed by atoms with Crippen LogP contribution in [-0.2, 0) is 4.79 Å². The molecule has 0 saturated heterocycles. The summed E-state index contributed by atoms with van der Waals surface area (Å²) in [6.45, 7) is 5.68. The molecule has 0 aliphatic rings. The van der Waals surface area contributed by atoms with Crippen LogP contribution in [0.5, 0.6) is 0 Å². The maximum absolute atomic E-state index is 11.5. The zero-order valence-corrected chi connectivity index (χ0v) is 18.4. The molecule has 3 heteroatoms. The topological polar surface area (TPSA) is 46.3 Å². The summed E-state index contributed by atoms with van der Waals surface area (Å²) in [5.41, 5.74) is 5.55. The molecule has 1 amide bonds. The summed E-state index contributed by atoms with van der Waals surface area (Å²) in [6.07, 6.45) is 19.4. The zero-order chi connectivity index (χ0) is 19.6. The van der Waals surface area contributed by atoms with Crippen LogP contribution >= 0.6 is 0 Å². The molecule has 0 aliphatic carbocycles. The first-order valence-corrected chi connectivity index (χ1v) is 11.4. The van der Waals surface area contributed by atoms with Crippen molar-refractivity contribution in [2.24, 2.45) is 17.6 Å². The number of amides is 1. The van der Waals surface area contributed by atoms with E-state index in [0.29, 0.717) is 0 Å². The maximum Gasteiger partial charge on any atom is 0.220 e. The van der Waals surface area contributed by atoms with Crippen LogP contribution in [0.1, 0.15) is 110 Å². The average Bonchev–Trinajstić information content (AvgIpc) is 2.56. The first kappa shape index (κ1) is 25.4. The van der Waals surface area contributed by atoms with E-state index in [2.05, 4.69) is 32.8 Å². The van der Waals surface area contributed by atoms with Gasteiger partial charge in [0.25, 0.3) is 0 Å². The lowest BCUT2D eigenvalue weighted by Crippen LogP contribution is -2.24. The van der Waals surface area contributed by atoms with Gasteiger partial charge >= 0.3 is 0 Å². The second kappa shape index (κ2) is 17.8. The van der Waals surface area contributed by atoms with Crippen LogP contribution in [0, 0.1) is 11.8 Å². The Morgan fingerprint density at radius 1 is 0.692 bits per heavy atom. The Kier molecular flexibility index (Phi) is 17.4. The van der Waals surface area contributed by atoms with Gasteiger partial charge in [0.1, 0.15) is 0 Å². The minimum Gasteiger partial charge on any atom is -0.369 e. The zero-order valence-electron chi connectivity index (χ0n) is 18.4. The Bertz CT molecular complexity index is 315. The van der Waals surface area contributed by atoms with Gasteiger partial charge in [-0.3, -0.25) is 4.79 Å². The Hall–Kier alpha value is -0.570. The molecule has 0 aliphatic heterocycles. The van der Waals surface area contributed by atoms with E-state index in [9.17, 15) is 4.79 Å². The predicted octanol–water partition coefficient (Wildman–Crippen LogP) is 6.16. The van der Waals surface area contributed by atoms with Crippen molar-refractivity contribution in [2.45, 2.75) is 110 Å². The second-order valence-corrected chi connectivity index (χ2v) is 8.91. The summed E-state index contributed by atoms with van der Waals surface area (Å²) in [6, 6.07) is 0. The van der Waals surface area contributed by atoms with E-state index in [0.717, 1.165) is 38.1 Å². The fraction of sp³-hybridized carbons (Fsp3) is 0.957. The molecule has 0 aromatic carbocycles. The van der Waals surface area contributed by atoms with Gasteiger partial charge < -0.3 is 10.6 Å². The fourth-order valence-electron chi connectivity index (χ4n) is 3.62. The summed E-state index contributed by atoms with van der Waals surface area (Å²) in [5.74, 6) is 0.856. The molecule has 1 atom stereocenters. The molecule has 0 saturated carbocycles. The lowest BCUT2D eigenvalue weighted by molar-refractivity contribution is -0.122. The van der Waals surface area contributed by atoms with Gasteiger partial charge in [0.2, 0.25) is 5.91 Å². The Morgan fingerprint density at radius 3 is 1.46 bits per heavy atom. The van der Waals surface area contributed by atoms with Crippen LogP contribution in [0.3, 0.4) is 0 Å². The monoisotopic (exact) mass is 368 g/mol. The van der Waals surface area contributed by atoms with Crippen molar-refractivity contribution in [3.8, 4) is 0 Å². The number of unbranched alkanes of at least 4 members (excludes halogenated alkanes) is 10. The molecule has 3 nitrogen and oxygen atoms in total. The van der Waals surface area contributed by atoms with E-state index in [1.165, 1.54) is 70.6 Å². The second-order valence-electron chi connectivity index (χ2n) is 8.91. The minimum atomic E-state index is -0.0999. The average molecular weight is 369 g/mol. The van der Waals surface area contributed by atoms with Crippen LogP contribution < -0.4 is 5.73 Å². The van der Waals surface area contributed by atoms with Crippen LogP contribution in [0.2, 0.25) is 0 Å². The Balaban J connectivity index is 3.38. The standard InChI is InChI=1S/C23H48N2O/c1-21(2)17-14-12-10-8-6-5-7-9-11-13-15-18-22(23(24)26)19-16-20-25(3)4/h21-22H,5-20H2,1-4H3,(H2,24,26). The van der Waals surface area contributed by atoms with Crippen LogP contribution in [-0.4, -0.2) is 31.4 Å². The lowest BCUT2D eigenvalue weighted by Gasteiger charge is -2.15. The smallest absolute Gasteiger partial charge is 0.220 e. The van der Waals surface area contributed by atoms with Gasteiger partial charge in [-0.15, -0.1) is 0 Å². The molecule has 0 fully saturated rings. The van der Waals surface area contributed by atoms with Crippen molar-refractivity contribution in [1.29, 1.82) is 0 Å². The molecule has 0 aromatic rings. The molecule has 26 heavy (non-hydrogen) atoms. The molecule has 0 bridgehead atoms. The van der Waals surface area contributed by atoms with E-state index in [1.807, 2.05) is 0 Å². The fourth-order valence-corrected chi connectivity index (χ4v) is 3.62. The quantitative estimate of drug-likeness (QED) is 0.278. The number of primary amides is 1. The number of hydrogen-bond donors (Lipinski definition) is 1. The van der Waals surface area contributed by atoms with Crippen LogP contribution in [0.25, 0.3) is 0 Å². The van der Waals surface area contributed by atoms with Crippen LogP contribution in [0.15, 0.2) is 0 Å². The van der Waals surface area contributed by atoms with Gasteiger partial charge in [-0.2, -0.15) is 0 Å². The third-order valence-corrected chi connectivity index (χ3v) is 5.39. The van der Waals surface area contributed by atoms with E-state index in [1.54, 1.807) is 0 Å². The molecule has 0 heterocycles. The van der Waals surface area contributed by atoms with Crippen molar-refractivity contribution >= 4 is 5.91 Å². The van der Waals surface area contributed by atoms with Gasteiger partial charge in [-0.05, 0) is 45.8 Å². The molecule has 1 unspecified atom stereocenters. The SMILES string of the molecule is CC(C)CCCCCCCCCCCCCC(CCCN(C)C)C(N)=O. The van der Waals surface area contributed by atoms with Crippen molar-refractivity contribution in [3.63, 3.8) is 0 Å². The normalized spacial score (nSPS) is 12.8. The number of carbonyl (C=O) groups excluding carboxylic acids is 1. The van der Waals surface area contributed by atoms with E-state index in [4.69, 9.17) is 5.73 Å². The van der Waals surface area contributed by atoms with E-state index < -0.39 is 0 Å². The van der Waals surface area contributed by atoms with Gasteiger partial charge in [-0.1, -0.05) is 90.9 Å². The molecule has 156 valence electrons. The summed E-state index contributed by atoms with van der Waals surface area (Å²) < 4.78 is 0. The van der Waals surface area contributed by atoms with E-state index in [-0.39, 0.29) is 11.8 Å². The molecule has 0 aromatic heterocycles. The number of carbonyl (C=O) groups is 1. The first-order valence-electron chi connectivity index (χ1n) is 11.4. The van der Waals surface area contributed by atoms with E-state index >= 15 is 0 Å². The summed E-state index contributed by atoms with van der Waals surface area (Å²) >= 11 is 0. The third kappa shape index (κ3) is 18.2. The molecular formula is C23H48N2O. The van der Waals surface area contributed by atoms with Gasteiger partial charge in [0, 0.05) is 5.92 Å². The largest absolute Gasteiger partial charge is 0.369 e. The highest BCUT2D eigenvalue weighted by Gasteiger charge is 2.14. The number of nitrogens with two attached hydrogens (primary N) is 1. The van der Waals surface area contributed by atoms with Crippen molar-refractivity contribution < 1.29 is 4.79 Å². The van der Waals surface area contributed by atoms with Crippen molar-refractivity contribution in [2.75, 3.05) is 20.6 Å². The summed E-state index contributed by atoms with van der Waals surface area (Å²) in [7, 11) is 4.15. The number of nitrogens with zero attached hydrogens (tertiary/aromatic N) is 1. The highest BCUT2D eigenvalue weighted by atomic mass is 16.1. The first-order chi connectivity index (χ1) is 12.4. The molecule has 0 radical (unpaired) electrons. The predicted molar refractivity (Wildman–Crippen MR) is 115 cm³/mol. The Morgan fingerprint density at radius 2 is 1.08 bits per heavy atom. The maximum atomic E-state index is 11.5. The lowest BCUT2D eigenvalue weighted by atomic mass is 9.95. The summed E-state index contributed by atoms with van der Waals surface area (Å²) in [5, 5.41) is 0. The third-order valence-electron chi connectivity index (χ3n) is 5.39. The number of rotatable bonds is 19. The van der Waals surface area contributed by atoms with Crippen molar-refractivity contribution in [3.05, 3.63) is 0 Å². The van der Waals surface area contributed by atoms with Gasteiger partial charge in [0.05, 0.1) is 0 Å². The highest BCUT2D eigenvalue weighted by molar-refractivity contribution is 5.76.